The van der Waals surface area contributed by atoms with Crippen LogP contribution in [-0.4, -0.2) is 59.4 Å². The van der Waals surface area contributed by atoms with Crippen LogP contribution in [0.4, 0.5) is 0 Å². The molecule has 2 aliphatic heterocycles. The van der Waals surface area contributed by atoms with E-state index in [-0.39, 0.29) is 23.0 Å². The van der Waals surface area contributed by atoms with E-state index in [1.807, 2.05) is 6.92 Å². The van der Waals surface area contributed by atoms with E-state index in [1.165, 1.54) is 19.3 Å². The standard InChI is InChI=1S/C32H50N2O3/c1-6-29(36)33-13-14-34-18-19(2)15-28-30(34)21(4)32(37-28)12-10-24-25-8-7-22-16-23(35)9-11-31(22,5)27(25)17-26(24)20(32)3/h7,19,21,23-25,27-28,30,35H,6,8-18H2,1-5H3,(H,33,36)/t19-,21+,23-,24-,25-,27-,28+,30-,31-,32-/m0/s1. The first kappa shape index (κ1) is 26.1. The highest BCUT2D eigenvalue weighted by Crippen LogP contribution is 2.65. The van der Waals surface area contributed by atoms with Crippen LogP contribution in [0.1, 0.15) is 92.4 Å². The summed E-state index contributed by atoms with van der Waals surface area (Å²) in [4.78, 5) is 14.5. The Bertz CT molecular complexity index is 989. The van der Waals surface area contributed by atoms with Gasteiger partial charge in [-0.2, -0.15) is 0 Å². The molecule has 5 nitrogen and oxygen atoms in total. The molecule has 0 aromatic heterocycles. The van der Waals surface area contributed by atoms with Crippen LogP contribution in [0.2, 0.25) is 0 Å². The number of hydrogen-bond donors (Lipinski definition) is 2. The Labute approximate surface area is 224 Å². The smallest absolute Gasteiger partial charge is 0.219 e. The Morgan fingerprint density at radius 2 is 2.05 bits per heavy atom. The summed E-state index contributed by atoms with van der Waals surface area (Å²) in [7, 11) is 0. The molecule has 6 aliphatic rings. The van der Waals surface area contributed by atoms with Crippen molar-refractivity contribution in [3.63, 3.8) is 0 Å². The van der Waals surface area contributed by atoms with Crippen LogP contribution in [0.15, 0.2) is 22.8 Å². The van der Waals surface area contributed by atoms with Gasteiger partial charge in [-0.25, -0.2) is 0 Å². The van der Waals surface area contributed by atoms with Crippen molar-refractivity contribution in [2.75, 3.05) is 19.6 Å². The van der Waals surface area contributed by atoms with Gasteiger partial charge in [-0.15, -0.1) is 0 Å². The van der Waals surface area contributed by atoms with E-state index in [0.29, 0.717) is 30.4 Å². The summed E-state index contributed by atoms with van der Waals surface area (Å²) >= 11 is 0. The van der Waals surface area contributed by atoms with Crippen molar-refractivity contribution < 1.29 is 14.6 Å². The number of rotatable bonds is 4. The van der Waals surface area contributed by atoms with Crippen LogP contribution in [0.25, 0.3) is 0 Å². The van der Waals surface area contributed by atoms with Gasteiger partial charge in [-0.1, -0.05) is 44.9 Å². The molecule has 0 unspecified atom stereocenters. The minimum absolute atomic E-state index is 0.121. The molecule has 5 heteroatoms. The third kappa shape index (κ3) is 4.00. The van der Waals surface area contributed by atoms with Gasteiger partial charge >= 0.3 is 0 Å². The van der Waals surface area contributed by atoms with Gasteiger partial charge in [-0.3, -0.25) is 9.69 Å². The number of amides is 1. The number of ether oxygens (including phenoxy) is 1. The Balaban J connectivity index is 1.26. The fourth-order valence-corrected chi connectivity index (χ4v) is 10.2. The van der Waals surface area contributed by atoms with Gasteiger partial charge in [0.1, 0.15) is 0 Å². The molecule has 1 spiro atoms. The molecule has 0 radical (unpaired) electrons. The first-order valence-corrected chi connectivity index (χ1v) is 15.4. The molecule has 2 saturated heterocycles. The van der Waals surface area contributed by atoms with Crippen LogP contribution in [0.5, 0.6) is 0 Å². The molecule has 6 rings (SSSR count). The van der Waals surface area contributed by atoms with Gasteiger partial charge in [0.05, 0.1) is 17.8 Å². The Morgan fingerprint density at radius 1 is 1.24 bits per heavy atom. The summed E-state index contributed by atoms with van der Waals surface area (Å²) in [6.45, 7) is 14.5. The average molecular weight is 511 g/mol. The van der Waals surface area contributed by atoms with Crippen LogP contribution >= 0.6 is 0 Å². The molecule has 0 aromatic carbocycles. The predicted molar refractivity (Wildman–Crippen MR) is 147 cm³/mol. The van der Waals surface area contributed by atoms with Crippen molar-refractivity contribution in [2.24, 2.45) is 35.0 Å². The van der Waals surface area contributed by atoms with E-state index in [4.69, 9.17) is 4.74 Å². The zero-order valence-corrected chi connectivity index (χ0v) is 23.9. The highest BCUT2D eigenvalue weighted by atomic mass is 16.5. The van der Waals surface area contributed by atoms with Gasteiger partial charge in [0, 0.05) is 38.0 Å². The highest BCUT2D eigenvalue weighted by molar-refractivity contribution is 5.75. The number of likely N-dealkylation sites (tertiary alicyclic amines) is 1. The minimum atomic E-state index is -0.138. The molecule has 206 valence electrons. The van der Waals surface area contributed by atoms with E-state index < -0.39 is 0 Å². The fourth-order valence-electron chi connectivity index (χ4n) is 10.2. The van der Waals surface area contributed by atoms with Crippen LogP contribution in [0.3, 0.4) is 0 Å². The molecule has 4 aliphatic carbocycles. The monoisotopic (exact) mass is 510 g/mol. The first-order chi connectivity index (χ1) is 17.7. The van der Waals surface area contributed by atoms with Crippen molar-refractivity contribution >= 4 is 5.91 Å². The highest BCUT2D eigenvalue weighted by Gasteiger charge is 2.61. The van der Waals surface area contributed by atoms with Gasteiger partial charge in [0.25, 0.3) is 0 Å². The molecule has 1 amide bonds. The topological polar surface area (TPSA) is 61.8 Å². The molecule has 2 N–H and O–H groups in total. The van der Waals surface area contributed by atoms with Crippen LogP contribution in [-0.2, 0) is 9.53 Å². The quantitative estimate of drug-likeness (QED) is 0.508. The van der Waals surface area contributed by atoms with Crippen molar-refractivity contribution in [3.8, 4) is 0 Å². The number of aliphatic hydroxyl groups is 1. The second-order valence-corrected chi connectivity index (χ2v) is 13.9. The molecular formula is C32H50N2O3. The van der Waals surface area contributed by atoms with E-state index in [9.17, 15) is 9.90 Å². The third-order valence-corrected chi connectivity index (χ3v) is 12.1. The van der Waals surface area contributed by atoms with E-state index >= 15 is 0 Å². The number of hydrogen-bond acceptors (Lipinski definition) is 4. The van der Waals surface area contributed by atoms with Crippen molar-refractivity contribution in [2.45, 2.75) is 116 Å². The number of aliphatic hydroxyl groups excluding tert-OH is 1. The number of piperidine rings is 1. The Morgan fingerprint density at radius 3 is 2.84 bits per heavy atom. The number of fused-ring (bicyclic) bond motifs is 6. The normalized spacial score (nSPS) is 47.2. The lowest BCUT2D eigenvalue weighted by Crippen LogP contribution is -2.54. The Hall–Kier alpha value is -1.17. The summed E-state index contributed by atoms with van der Waals surface area (Å²) in [6.07, 6.45) is 12.2. The molecule has 0 aromatic rings. The minimum Gasteiger partial charge on any atom is -0.393 e. The van der Waals surface area contributed by atoms with Crippen molar-refractivity contribution in [1.29, 1.82) is 0 Å². The van der Waals surface area contributed by atoms with Crippen LogP contribution < -0.4 is 5.32 Å². The third-order valence-electron chi connectivity index (χ3n) is 12.1. The number of carbonyl (C=O) groups excluding carboxylic acids is 1. The lowest BCUT2D eigenvalue weighted by Gasteiger charge is -2.49. The lowest BCUT2D eigenvalue weighted by atomic mass is 9.56. The summed E-state index contributed by atoms with van der Waals surface area (Å²) in [5, 5.41) is 13.5. The fraction of sp³-hybridized carbons (Fsp3) is 0.844. The summed E-state index contributed by atoms with van der Waals surface area (Å²) in [6, 6.07) is 0.441. The maximum atomic E-state index is 11.9. The van der Waals surface area contributed by atoms with Gasteiger partial charge in [-0.05, 0) is 93.0 Å². The molecule has 2 saturated carbocycles. The number of allylic oxidation sites excluding steroid dienone is 2. The lowest BCUT2D eigenvalue weighted by molar-refractivity contribution is -0.120. The SMILES string of the molecule is CCC(=O)NCCN1C[C@@H](C)C[C@H]2O[C@]3(CC[C@@H]4C(=C3C)C[C@H]3[C@H]4CC=C4C[C@@H](O)CC[C@@]43C)[C@H](C)[C@@H]21. The maximum absolute atomic E-state index is 11.9. The summed E-state index contributed by atoms with van der Waals surface area (Å²) in [5.41, 5.74) is 5.02. The summed E-state index contributed by atoms with van der Waals surface area (Å²) in [5.74, 6) is 3.45. The molecule has 37 heavy (non-hydrogen) atoms. The van der Waals surface area contributed by atoms with Crippen LogP contribution in [0, 0.1) is 35.0 Å². The molecule has 2 heterocycles. The molecular weight excluding hydrogens is 460 g/mol. The summed E-state index contributed by atoms with van der Waals surface area (Å²) < 4.78 is 7.24. The van der Waals surface area contributed by atoms with E-state index in [0.717, 1.165) is 69.5 Å². The van der Waals surface area contributed by atoms with Gasteiger partial charge in [0.2, 0.25) is 5.91 Å². The van der Waals surface area contributed by atoms with E-state index in [2.05, 4.69) is 44.0 Å². The zero-order chi connectivity index (χ0) is 26.1. The number of nitrogens with zero attached hydrogens (tertiary/aromatic N) is 1. The second kappa shape index (κ2) is 9.48. The maximum Gasteiger partial charge on any atom is 0.219 e. The predicted octanol–water partition coefficient (Wildman–Crippen LogP) is 5.24. The molecule has 4 fully saturated rings. The zero-order valence-electron chi connectivity index (χ0n) is 23.9. The van der Waals surface area contributed by atoms with Crippen molar-refractivity contribution in [3.05, 3.63) is 22.8 Å². The van der Waals surface area contributed by atoms with E-state index in [1.54, 1.807) is 16.7 Å². The molecule has 0 bridgehead atoms. The van der Waals surface area contributed by atoms with Gasteiger partial charge in [0.15, 0.2) is 0 Å². The number of nitrogens with one attached hydrogen (secondary N) is 1. The molecule has 10 atom stereocenters. The first-order valence-electron chi connectivity index (χ1n) is 15.4. The van der Waals surface area contributed by atoms with Gasteiger partial charge < -0.3 is 15.2 Å². The van der Waals surface area contributed by atoms with Crippen molar-refractivity contribution in [1.82, 2.24) is 10.2 Å². The number of carbonyl (C=O) groups is 1. The average Bonchev–Trinajstić information content (AvgIpc) is 3.39. The second-order valence-electron chi connectivity index (χ2n) is 13.9. The largest absolute Gasteiger partial charge is 0.393 e. The Kier molecular flexibility index (Phi) is 6.68.